The number of hydrogen-bond donors (Lipinski definition) is 1. The molecule has 0 radical (unpaired) electrons. The summed E-state index contributed by atoms with van der Waals surface area (Å²) >= 11 is 1.78. The molecule has 0 saturated carbocycles. The molecular weight excluding hydrogens is 360 g/mol. The van der Waals surface area contributed by atoms with Gasteiger partial charge in [-0.3, -0.25) is 9.59 Å². The minimum Gasteiger partial charge on any atom is -0.511 e. The number of Topliss-reactive ketones (excluding diaryl/α,β-unsaturated/α-hetero) is 2. The number of aliphatic hydroxyl groups excluding tert-OH is 1. The first-order chi connectivity index (χ1) is 12.7. The minimum atomic E-state index is -0.368. The number of aryl methyl sites for hydroxylation is 1. The Morgan fingerprint density at radius 3 is 2.63 bits per heavy atom. The zero-order chi connectivity index (χ0) is 19.9. The Bertz CT molecular complexity index is 884. The third kappa shape index (κ3) is 3.68. The quantitative estimate of drug-likeness (QED) is 0.482. The molecule has 3 rings (SSSR count). The average molecular weight is 387 g/mol. The van der Waals surface area contributed by atoms with Crippen molar-refractivity contribution in [3.05, 3.63) is 39.7 Å². The molecule has 1 N–H and O–H groups in total. The molecule has 0 aromatic heterocycles. The number of hydrazone groups is 1. The molecule has 1 unspecified atom stereocenters. The summed E-state index contributed by atoms with van der Waals surface area (Å²) in [7, 11) is 3.77. The fourth-order valence-corrected chi connectivity index (χ4v) is 5.06. The maximum Gasteiger partial charge on any atom is 0.200 e. The molecule has 1 heterocycles. The van der Waals surface area contributed by atoms with Crippen LogP contribution in [0, 0.1) is 19.8 Å². The van der Waals surface area contributed by atoms with Crippen LogP contribution in [-0.2, 0) is 4.79 Å². The van der Waals surface area contributed by atoms with Crippen molar-refractivity contribution in [3.8, 4) is 0 Å². The molecule has 1 aliphatic carbocycles. The van der Waals surface area contributed by atoms with Crippen molar-refractivity contribution in [1.82, 2.24) is 5.01 Å². The van der Waals surface area contributed by atoms with Gasteiger partial charge in [-0.15, -0.1) is 11.8 Å². The number of allylic oxidation sites excluding steroid dienone is 2. The number of nitrogens with zero attached hydrogens (tertiary/aromatic N) is 2. The first kappa shape index (κ1) is 19.7. The second kappa shape index (κ2) is 7.50. The van der Waals surface area contributed by atoms with E-state index in [1.165, 1.54) is 0 Å². The molecule has 5 nitrogen and oxygen atoms in total. The van der Waals surface area contributed by atoms with E-state index in [0.717, 1.165) is 39.5 Å². The fourth-order valence-electron chi connectivity index (χ4n) is 3.85. The van der Waals surface area contributed by atoms with E-state index in [9.17, 15) is 14.7 Å². The van der Waals surface area contributed by atoms with Crippen molar-refractivity contribution in [2.75, 3.05) is 19.8 Å². The van der Waals surface area contributed by atoms with Gasteiger partial charge in [-0.1, -0.05) is 6.92 Å². The predicted molar refractivity (Wildman–Crippen MR) is 109 cm³/mol. The lowest BCUT2D eigenvalue weighted by molar-refractivity contribution is -0.116. The highest BCUT2D eigenvalue weighted by Crippen LogP contribution is 2.38. The van der Waals surface area contributed by atoms with Gasteiger partial charge in [-0.2, -0.15) is 5.10 Å². The zero-order valence-electron chi connectivity index (χ0n) is 16.5. The van der Waals surface area contributed by atoms with Crippen molar-refractivity contribution >= 4 is 29.0 Å². The van der Waals surface area contributed by atoms with Gasteiger partial charge < -0.3 is 10.1 Å². The van der Waals surface area contributed by atoms with Crippen LogP contribution < -0.4 is 0 Å². The Labute approximate surface area is 164 Å². The first-order valence-electron chi connectivity index (χ1n) is 9.22. The van der Waals surface area contributed by atoms with Crippen LogP contribution in [0.25, 0.3) is 0 Å². The lowest BCUT2D eigenvalue weighted by Crippen LogP contribution is -2.25. The van der Waals surface area contributed by atoms with E-state index in [1.54, 1.807) is 16.8 Å². The Morgan fingerprint density at radius 1 is 1.30 bits per heavy atom. The van der Waals surface area contributed by atoms with E-state index in [0.29, 0.717) is 18.4 Å². The van der Waals surface area contributed by atoms with Crippen molar-refractivity contribution in [2.45, 2.75) is 44.9 Å². The Hall–Kier alpha value is -2.08. The third-order valence-corrected chi connectivity index (χ3v) is 6.26. The number of ketones is 2. The average Bonchev–Trinajstić information content (AvgIpc) is 2.56. The van der Waals surface area contributed by atoms with E-state index >= 15 is 0 Å². The van der Waals surface area contributed by atoms with Gasteiger partial charge in [0.25, 0.3) is 0 Å². The molecule has 1 aromatic carbocycles. The standard InChI is InChI=1S/C21H26N2O3S/c1-11-8-16(24)19(17(25)9-11)20(26)14-10-12(2)21-18(13(14)3)15(6-7-27-21)22-23(4)5/h10-11,24H,6-9H2,1-5H3/b22-15+. The summed E-state index contributed by atoms with van der Waals surface area (Å²) in [5.74, 6) is 0.316. The molecule has 27 heavy (non-hydrogen) atoms. The third-order valence-electron chi connectivity index (χ3n) is 5.03. The van der Waals surface area contributed by atoms with Gasteiger partial charge in [-0.05, 0) is 37.0 Å². The number of aliphatic hydroxyl groups is 1. The van der Waals surface area contributed by atoms with Crippen molar-refractivity contribution in [1.29, 1.82) is 0 Å². The lowest BCUT2D eigenvalue weighted by Gasteiger charge is -2.25. The highest BCUT2D eigenvalue weighted by molar-refractivity contribution is 7.99. The molecular formula is C21H26N2O3S. The molecule has 0 saturated heterocycles. The first-order valence-corrected chi connectivity index (χ1v) is 10.2. The Morgan fingerprint density at radius 2 is 2.00 bits per heavy atom. The van der Waals surface area contributed by atoms with Gasteiger partial charge in [0.05, 0.1) is 5.71 Å². The van der Waals surface area contributed by atoms with Crippen molar-refractivity contribution in [2.24, 2.45) is 11.0 Å². The molecule has 1 aromatic rings. The van der Waals surface area contributed by atoms with Gasteiger partial charge in [0.2, 0.25) is 0 Å². The Kier molecular flexibility index (Phi) is 5.47. The summed E-state index contributed by atoms with van der Waals surface area (Å²) in [5.41, 5.74) is 4.26. The number of thioether (sulfide) groups is 1. The topological polar surface area (TPSA) is 70.0 Å². The zero-order valence-corrected chi connectivity index (χ0v) is 17.4. The van der Waals surface area contributed by atoms with Gasteiger partial charge in [-0.25, -0.2) is 0 Å². The summed E-state index contributed by atoms with van der Waals surface area (Å²) in [6, 6.07) is 1.85. The van der Waals surface area contributed by atoms with Crippen LogP contribution in [-0.4, -0.2) is 47.2 Å². The van der Waals surface area contributed by atoms with Gasteiger partial charge in [0, 0.05) is 55.1 Å². The molecule has 1 aliphatic heterocycles. The van der Waals surface area contributed by atoms with Crippen LogP contribution in [0.4, 0.5) is 0 Å². The summed E-state index contributed by atoms with van der Waals surface area (Å²) in [6.45, 7) is 5.81. The van der Waals surface area contributed by atoms with Crippen LogP contribution in [0.15, 0.2) is 27.4 Å². The van der Waals surface area contributed by atoms with Crippen LogP contribution >= 0.6 is 11.8 Å². The minimum absolute atomic E-state index is 0.0369. The highest BCUT2D eigenvalue weighted by Gasteiger charge is 2.33. The number of hydrogen-bond acceptors (Lipinski definition) is 6. The number of carbonyl (C=O) groups is 2. The summed E-state index contributed by atoms with van der Waals surface area (Å²) < 4.78 is 0. The monoisotopic (exact) mass is 386 g/mol. The summed E-state index contributed by atoms with van der Waals surface area (Å²) in [5, 5.41) is 16.7. The van der Waals surface area contributed by atoms with Gasteiger partial charge in [0.15, 0.2) is 11.6 Å². The smallest absolute Gasteiger partial charge is 0.200 e. The molecule has 2 aliphatic rings. The van der Waals surface area contributed by atoms with Crippen LogP contribution in [0.1, 0.15) is 53.2 Å². The van der Waals surface area contributed by atoms with Gasteiger partial charge in [0.1, 0.15) is 11.3 Å². The molecule has 0 bridgehead atoms. The molecule has 0 amide bonds. The van der Waals surface area contributed by atoms with Crippen LogP contribution in [0.3, 0.4) is 0 Å². The Balaban J connectivity index is 2.16. The second-order valence-electron chi connectivity index (χ2n) is 7.65. The molecule has 0 fully saturated rings. The SMILES string of the molecule is Cc1cc(C(=O)C2=C(O)CC(C)CC2=O)c(C)c2c1SCC/C2=N\N(C)C. The number of fused-ring (bicyclic) bond motifs is 1. The predicted octanol–water partition coefficient (Wildman–Crippen LogP) is 4.06. The van der Waals surface area contributed by atoms with E-state index in [4.69, 9.17) is 0 Å². The maximum absolute atomic E-state index is 13.2. The summed E-state index contributed by atoms with van der Waals surface area (Å²) in [6.07, 6.45) is 1.51. The fraction of sp³-hybridized carbons (Fsp3) is 0.476. The second-order valence-corrected chi connectivity index (χ2v) is 8.76. The lowest BCUT2D eigenvalue weighted by atomic mass is 9.83. The highest BCUT2D eigenvalue weighted by atomic mass is 32.2. The normalized spacial score (nSPS) is 21.4. The number of benzene rings is 1. The summed E-state index contributed by atoms with van der Waals surface area (Å²) in [4.78, 5) is 26.8. The number of rotatable bonds is 3. The molecule has 6 heteroatoms. The van der Waals surface area contributed by atoms with Crippen molar-refractivity contribution in [3.63, 3.8) is 0 Å². The molecule has 144 valence electrons. The van der Waals surface area contributed by atoms with E-state index in [-0.39, 0.29) is 28.8 Å². The van der Waals surface area contributed by atoms with E-state index in [1.807, 2.05) is 40.9 Å². The molecule has 1 atom stereocenters. The van der Waals surface area contributed by atoms with Crippen LogP contribution in [0.5, 0.6) is 0 Å². The van der Waals surface area contributed by atoms with Crippen LogP contribution in [0.2, 0.25) is 0 Å². The van der Waals surface area contributed by atoms with Gasteiger partial charge >= 0.3 is 0 Å². The van der Waals surface area contributed by atoms with Crippen molar-refractivity contribution < 1.29 is 14.7 Å². The van der Waals surface area contributed by atoms with E-state index < -0.39 is 0 Å². The largest absolute Gasteiger partial charge is 0.511 e. The number of carbonyl (C=O) groups excluding carboxylic acids is 2. The molecule has 0 spiro atoms. The maximum atomic E-state index is 13.2. The van der Waals surface area contributed by atoms with E-state index in [2.05, 4.69) is 5.10 Å².